The predicted octanol–water partition coefficient (Wildman–Crippen LogP) is 3.65. The van der Waals surface area contributed by atoms with Crippen molar-refractivity contribution < 1.29 is 4.79 Å². The number of hydrogen-bond acceptors (Lipinski definition) is 5. The Hall–Kier alpha value is -1.76. The van der Waals surface area contributed by atoms with Crippen LogP contribution in [0.5, 0.6) is 0 Å². The van der Waals surface area contributed by atoms with E-state index in [0.717, 1.165) is 0 Å². The summed E-state index contributed by atoms with van der Waals surface area (Å²) < 4.78 is 0. The van der Waals surface area contributed by atoms with Crippen molar-refractivity contribution in [3.63, 3.8) is 0 Å². The molecule has 0 fully saturated rings. The highest BCUT2D eigenvalue weighted by atomic mass is 35.5. The number of anilines is 1. The van der Waals surface area contributed by atoms with Crippen LogP contribution in [0.15, 0.2) is 30.5 Å². The van der Waals surface area contributed by atoms with E-state index in [1.165, 1.54) is 17.5 Å². The Bertz CT molecular complexity index is 788. The van der Waals surface area contributed by atoms with E-state index in [1.54, 1.807) is 24.3 Å². The molecule has 1 aromatic carbocycles. The van der Waals surface area contributed by atoms with Crippen LogP contribution >= 0.6 is 34.5 Å². The van der Waals surface area contributed by atoms with Gasteiger partial charge in [0.2, 0.25) is 5.28 Å². The number of nitrogens with one attached hydrogen (secondary N) is 1. The molecule has 2 heterocycles. The molecule has 0 aliphatic carbocycles. The largest absolute Gasteiger partial charge is 0.298 e. The van der Waals surface area contributed by atoms with E-state index in [1.807, 2.05) is 0 Å². The van der Waals surface area contributed by atoms with Crippen LogP contribution in [0.4, 0.5) is 5.13 Å². The molecule has 2 aromatic heterocycles. The number of hydrogen-bond donors (Lipinski definition) is 1. The van der Waals surface area contributed by atoms with Crippen LogP contribution in [-0.4, -0.2) is 20.9 Å². The monoisotopic (exact) mass is 324 g/mol. The van der Waals surface area contributed by atoms with E-state index in [-0.39, 0.29) is 11.2 Å². The van der Waals surface area contributed by atoms with Gasteiger partial charge in [0, 0.05) is 10.6 Å². The van der Waals surface area contributed by atoms with E-state index >= 15 is 0 Å². The number of amides is 1. The fourth-order valence-corrected chi connectivity index (χ4v) is 2.65. The van der Waals surface area contributed by atoms with Crippen molar-refractivity contribution >= 4 is 55.9 Å². The maximum absolute atomic E-state index is 12.0. The molecule has 8 heteroatoms. The average molecular weight is 325 g/mol. The van der Waals surface area contributed by atoms with Crippen LogP contribution in [0, 0.1) is 0 Å². The molecular formula is C12H6Cl2N4OS. The summed E-state index contributed by atoms with van der Waals surface area (Å²) in [5.41, 5.74) is 1.09. The summed E-state index contributed by atoms with van der Waals surface area (Å²) in [6, 6.07) is 6.59. The summed E-state index contributed by atoms with van der Waals surface area (Å²) >= 11 is 12.7. The van der Waals surface area contributed by atoms with Gasteiger partial charge in [-0.1, -0.05) is 22.9 Å². The number of benzene rings is 1. The lowest BCUT2D eigenvalue weighted by Crippen LogP contribution is -2.11. The third kappa shape index (κ3) is 2.72. The van der Waals surface area contributed by atoms with Crippen molar-refractivity contribution in [3.8, 4) is 0 Å². The Kier molecular flexibility index (Phi) is 3.52. The number of halogens is 2. The molecule has 0 spiro atoms. The van der Waals surface area contributed by atoms with Gasteiger partial charge < -0.3 is 0 Å². The molecular weight excluding hydrogens is 319 g/mol. The number of fused-ring (bicyclic) bond motifs is 1. The molecule has 3 rings (SSSR count). The van der Waals surface area contributed by atoms with Gasteiger partial charge in [0.25, 0.3) is 5.91 Å². The van der Waals surface area contributed by atoms with Crippen LogP contribution in [0.1, 0.15) is 10.4 Å². The third-order valence-corrected chi connectivity index (χ3v) is 3.76. The Balaban J connectivity index is 1.85. The molecule has 0 saturated carbocycles. The molecule has 0 radical (unpaired) electrons. The van der Waals surface area contributed by atoms with Crippen LogP contribution in [0.25, 0.3) is 10.3 Å². The summed E-state index contributed by atoms with van der Waals surface area (Å²) in [5, 5.41) is 3.87. The van der Waals surface area contributed by atoms with Crippen LogP contribution in [0.2, 0.25) is 10.3 Å². The fourth-order valence-electron chi connectivity index (χ4n) is 1.54. The summed E-state index contributed by atoms with van der Waals surface area (Å²) in [7, 11) is 0. The Morgan fingerprint density at radius 3 is 2.65 bits per heavy atom. The number of nitrogens with zero attached hydrogens (tertiary/aromatic N) is 3. The van der Waals surface area contributed by atoms with Gasteiger partial charge in [-0.3, -0.25) is 10.1 Å². The van der Waals surface area contributed by atoms with E-state index in [2.05, 4.69) is 20.3 Å². The minimum Gasteiger partial charge on any atom is -0.298 e. The minimum atomic E-state index is -0.264. The van der Waals surface area contributed by atoms with Gasteiger partial charge in [-0.15, -0.1) is 0 Å². The molecule has 3 aromatic rings. The lowest BCUT2D eigenvalue weighted by molar-refractivity contribution is 0.102. The first-order valence-corrected chi connectivity index (χ1v) is 7.05. The van der Waals surface area contributed by atoms with Gasteiger partial charge in [-0.05, 0) is 35.9 Å². The molecule has 100 valence electrons. The lowest BCUT2D eigenvalue weighted by atomic mass is 10.2. The van der Waals surface area contributed by atoms with Crippen molar-refractivity contribution in [2.45, 2.75) is 0 Å². The first-order valence-electron chi connectivity index (χ1n) is 5.48. The SMILES string of the molecule is O=C(Nc1nc2cnc(Cl)nc2s1)c1ccc(Cl)cc1. The normalized spacial score (nSPS) is 10.7. The second-order valence-corrected chi connectivity index (χ2v) is 5.56. The first kappa shape index (κ1) is 13.2. The van der Waals surface area contributed by atoms with Crippen molar-refractivity contribution in [1.29, 1.82) is 0 Å². The highest BCUT2D eigenvalue weighted by molar-refractivity contribution is 7.22. The number of rotatable bonds is 2. The molecule has 20 heavy (non-hydrogen) atoms. The molecule has 0 unspecified atom stereocenters. The van der Waals surface area contributed by atoms with E-state index in [0.29, 0.717) is 26.1 Å². The smallest absolute Gasteiger partial charge is 0.257 e. The van der Waals surface area contributed by atoms with Crippen molar-refractivity contribution in [1.82, 2.24) is 15.0 Å². The quantitative estimate of drug-likeness (QED) is 0.730. The number of carbonyl (C=O) groups excluding carboxylic acids is 1. The summed E-state index contributed by atoms with van der Waals surface area (Å²) in [6.07, 6.45) is 1.51. The second kappa shape index (κ2) is 5.32. The highest BCUT2D eigenvalue weighted by Gasteiger charge is 2.11. The molecule has 0 saturated heterocycles. The Morgan fingerprint density at radius 2 is 1.90 bits per heavy atom. The molecule has 5 nitrogen and oxygen atoms in total. The van der Waals surface area contributed by atoms with Crippen LogP contribution in [0.3, 0.4) is 0 Å². The van der Waals surface area contributed by atoms with Crippen molar-refractivity contribution in [2.75, 3.05) is 5.32 Å². The summed E-state index contributed by atoms with van der Waals surface area (Å²) in [5.74, 6) is -0.264. The van der Waals surface area contributed by atoms with E-state index < -0.39 is 0 Å². The zero-order valence-electron chi connectivity index (χ0n) is 9.80. The first-order chi connectivity index (χ1) is 9.61. The van der Waals surface area contributed by atoms with Crippen molar-refractivity contribution in [2.24, 2.45) is 0 Å². The molecule has 1 amide bonds. The summed E-state index contributed by atoms with van der Waals surface area (Å²) in [4.78, 5) is 24.7. The van der Waals surface area contributed by atoms with E-state index in [4.69, 9.17) is 23.2 Å². The van der Waals surface area contributed by atoms with Gasteiger partial charge in [0.05, 0.1) is 6.20 Å². The molecule has 0 atom stereocenters. The topological polar surface area (TPSA) is 67.8 Å². The van der Waals surface area contributed by atoms with E-state index in [9.17, 15) is 4.79 Å². The molecule has 1 N–H and O–H groups in total. The average Bonchev–Trinajstić information content (AvgIpc) is 2.80. The van der Waals surface area contributed by atoms with Gasteiger partial charge >= 0.3 is 0 Å². The number of carbonyl (C=O) groups is 1. The van der Waals surface area contributed by atoms with Crippen LogP contribution in [-0.2, 0) is 0 Å². The lowest BCUT2D eigenvalue weighted by Gasteiger charge is -2.00. The molecule has 0 aliphatic heterocycles. The molecule has 0 aliphatic rings. The maximum atomic E-state index is 12.0. The third-order valence-electron chi connectivity index (χ3n) is 2.45. The zero-order valence-corrected chi connectivity index (χ0v) is 12.1. The molecule has 0 bridgehead atoms. The Labute approximate surface area is 127 Å². The second-order valence-electron chi connectivity index (χ2n) is 3.81. The van der Waals surface area contributed by atoms with Gasteiger partial charge in [-0.2, -0.15) is 0 Å². The number of aromatic nitrogens is 3. The number of thiazole rings is 1. The Morgan fingerprint density at radius 1 is 1.15 bits per heavy atom. The minimum absolute atomic E-state index is 0.150. The zero-order chi connectivity index (χ0) is 14.1. The van der Waals surface area contributed by atoms with Crippen molar-refractivity contribution in [3.05, 3.63) is 46.3 Å². The fraction of sp³-hybridized carbons (Fsp3) is 0. The highest BCUT2D eigenvalue weighted by Crippen LogP contribution is 2.25. The predicted molar refractivity (Wildman–Crippen MR) is 79.6 cm³/mol. The van der Waals surface area contributed by atoms with Gasteiger partial charge in [0.1, 0.15) is 10.3 Å². The van der Waals surface area contributed by atoms with Gasteiger partial charge in [-0.25, -0.2) is 15.0 Å². The standard InChI is InChI=1S/C12H6Cl2N4OS/c13-7-3-1-6(2-4-7)9(19)17-12-16-8-5-15-11(14)18-10(8)20-12/h1-5H,(H,16,17,19). The van der Waals surface area contributed by atoms with Crippen LogP contribution < -0.4 is 5.32 Å². The van der Waals surface area contributed by atoms with Gasteiger partial charge in [0.15, 0.2) is 5.13 Å². The maximum Gasteiger partial charge on any atom is 0.257 e. The summed E-state index contributed by atoms with van der Waals surface area (Å²) in [6.45, 7) is 0.